The van der Waals surface area contributed by atoms with Gasteiger partial charge in [-0.2, -0.15) is 17.5 Å². The maximum absolute atomic E-state index is 12.4. The lowest BCUT2D eigenvalue weighted by atomic mass is 10.1. The lowest BCUT2D eigenvalue weighted by Gasteiger charge is -2.27. The second kappa shape index (κ2) is 6.27. The summed E-state index contributed by atoms with van der Waals surface area (Å²) in [5.41, 5.74) is 0. The molecule has 0 bridgehead atoms. The van der Waals surface area contributed by atoms with Gasteiger partial charge in [-0.3, -0.25) is 4.79 Å². The van der Waals surface area contributed by atoms with E-state index in [9.17, 15) is 26.4 Å². The smallest absolute Gasteiger partial charge is 0.402 e. The van der Waals surface area contributed by atoms with Gasteiger partial charge >= 0.3 is 12.1 Å². The molecule has 20 heavy (non-hydrogen) atoms. The van der Waals surface area contributed by atoms with Gasteiger partial charge < -0.3 is 10.2 Å². The van der Waals surface area contributed by atoms with E-state index in [1.807, 2.05) is 0 Å². The Bertz CT molecular complexity index is 450. The standard InChI is InChI=1S/C10H16F3NO5S/c11-10(12,13)6-14(4-5-15)20(18,19)8-3-1-2-7(8)9(16)17/h7-8,15H,1-6H2,(H,16,17). The first-order valence-corrected chi connectivity index (χ1v) is 7.49. The number of sulfonamides is 1. The Morgan fingerprint density at radius 3 is 2.35 bits per heavy atom. The van der Waals surface area contributed by atoms with Gasteiger partial charge in [0.2, 0.25) is 10.0 Å². The third-order valence-electron chi connectivity index (χ3n) is 3.22. The van der Waals surface area contributed by atoms with Gasteiger partial charge in [0.15, 0.2) is 0 Å². The fourth-order valence-electron chi connectivity index (χ4n) is 2.36. The molecule has 10 heteroatoms. The predicted octanol–water partition coefficient (Wildman–Crippen LogP) is 0.426. The van der Waals surface area contributed by atoms with E-state index in [1.165, 1.54) is 0 Å². The lowest BCUT2D eigenvalue weighted by molar-refractivity contribution is -0.141. The molecule has 2 unspecified atom stereocenters. The summed E-state index contributed by atoms with van der Waals surface area (Å²) in [5, 5.41) is 16.3. The summed E-state index contributed by atoms with van der Waals surface area (Å²) in [4.78, 5) is 11.0. The van der Waals surface area contributed by atoms with Crippen LogP contribution >= 0.6 is 0 Å². The van der Waals surface area contributed by atoms with Crippen LogP contribution in [0.2, 0.25) is 0 Å². The van der Waals surface area contributed by atoms with Crippen molar-refractivity contribution >= 4 is 16.0 Å². The van der Waals surface area contributed by atoms with Crippen LogP contribution in [0.25, 0.3) is 0 Å². The van der Waals surface area contributed by atoms with E-state index in [2.05, 4.69) is 0 Å². The zero-order valence-electron chi connectivity index (χ0n) is 10.5. The maximum Gasteiger partial charge on any atom is 0.402 e. The first kappa shape index (κ1) is 17.2. The minimum absolute atomic E-state index is 0.0130. The van der Waals surface area contributed by atoms with E-state index in [0.717, 1.165) is 0 Å². The molecule has 2 N–H and O–H groups in total. The van der Waals surface area contributed by atoms with Gasteiger partial charge in [0, 0.05) is 6.54 Å². The summed E-state index contributed by atoms with van der Waals surface area (Å²) >= 11 is 0. The third-order valence-corrected chi connectivity index (χ3v) is 5.58. The fraction of sp³-hybridized carbons (Fsp3) is 0.900. The summed E-state index contributed by atoms with van der Waals surface area (Å²) in [6.45, 7) is -3.19. The number of halogens is 3. The SMILES string of the molecule is O=C(O)C1CCCC1S(=O)(=O)N(CCO)CC(F)(F)F. The molecule has 0 aromatic heterocycles. The molecule has 0 heterocycles. The van der Waals surface area contributed by atoms with Crippen LogP contribution in [0.3, 0.4) is 0 Å². The molecule has 1 aliphatic carbocycles. The van der Waals surface area contributed by atoms with Gasteiger partial charge in [0.05, 0.1) is 17.8 Å². The quantitative estimate of drug-likeness (QED) is 0.740. The van der Waals surface area contributed by atoms with Gasteiger partial charge in [-0.1, -0.05) is 6.42 Å². The Labute approximate surface area is 114 Å². The van der Waals surface area contributed by atoms with Gasteiger partial charge in [0.1, 0.15) is 6.54 Å². The Hall–Kier alpha value is -0.870. The number of aliphatic carboxylic acids is 1. The van der Waals surface area contributed by atoms with Crippen LogP contribution in [-0.2, 0) is 14.8 Å². The fourth-order valence-corrected chi connectivity index (χ4v) is 4.54. The third kappa shape index (κ3) is 4.06. The van der Waals surface area contributed by atoms with E-state index in [0.29, 0.717) is 6.42 Å². The largest absolute Gasteiger partial charge is 0.481 e. The van der Waals surface area contributed by atoms with Crippen LogP contribution in [0.5, 0.6) is 0 Å². The van der Waals surface area contributed by atoms with E-state index >= 15 is 0 Å². The summed E-state index contributed by atoms with van der Waals surface area (Å²) in [6, 6.07) is 0. The normalized spacial score (nSPS) is 24.2. The minimum atomic E-state index is -4.75. The molecule has 0 aliphatic heterocycles. The Balaban J connectivity index is 3.01. The van der Waals surface area contributed by atoms with Crippen LogP contribution in [-0.4, -0.2) is 60.0 Å². The van der Waals surface area contributed by atoms with Crippen molar-refractivity contribution < 1.29 is 36.6 Å². The highest BCUT2D eigenvalue weighted by molar-refractivity contribution is 7.89. The van der Waals surface area contributed by atoms with Gasteiger partial charge in [-0.25, -0.2) is 8.42 Å². The number of aliphatic hydroxyl groups excluding tert-OH is 1. The molecule has 118 valence electrons. The first-order chi connectivity index (χ1) is 9.09. The second-order valence-electron chi connectivity index (χ2n) is 4.63. The maximum atomic E-state index is 12.4. The van der Waals surface area contributed by atoms with Crippen molar-refractivity contribution in [1.82, 2.24) is 4.31 Å². The van der Waals surface area contributed by atoms with Crippen LogP contribution in [0, 0.1) is 5.92 Å². The van der Waals surface area contributed by atoms with Gasteiger partial charge in [-0.15, -0.1) is 0 Å². The average Bonchev–Trinajstić information content (AvgIpc) is 2.76. The van der Waals surface area contributed by atoms with Crippen molar-refractivity contribution in [2.24, 2.45) is 5.92 Å². The Morgan fingerprint density at radius 1 is 1.30 bits per heavy atom. The first-order valence-electron chi connectivity index (χ1n) is 5.99. The van der Waals surface area contributed by atoms with Crippen molar-refractivity contribution in [2.45, 2.75) is 30.7 Å². The number of hydrogen-bond donors (Lipinski definition) is 2. The molecular weight excluding hydrogens is 303 g/mol. The number of alkyl halides is 3. The second-order valence-corrected chi connectivity index (χ2v) is 6.78. The van der Waals surface area contributed by atoms with Gasteiger partial charge in [0.25, 0.3) is 0 Å². The molecule has 0 radical (unpaired) electrons. The molecule has 1 rings (SSSR count). The van der Waals surface area contributed by atoms with E-state index < -0.39 is 53.0 Å². The van der Waals surface area contributed by atoms with Crippen molar-refractivity contribution in [3.05, 3.63) is 0 Å². The summed E-state index contributed by atoms with van der Waals surface area (Å²) in [7, 11) is -4.42. The zero-order chi connectivity index (χ0) is 15.6. The number of rotatable bonds is 6. The van der Waals surface area contributed by atoms with Crippen LogP contribution in [0.1, 0.15) is 19.3 Å². The number of carbonyl (C=O) groups is 1. The topological polar surface area (TPSA) is 94.9 Å². The molecule has 1 aliphatic rings. The summed E-state index contributed by atoms with van der Waals surface area (Å²) < 4.78 is 61.7. The van der Waals surface area contributed by atoms with Crippen LogP contribution < -0.4 is 0 Å². The van der Waals surface area contributed by atoms with Crippen molar-refractivity contribution in [1.29, 1.82) is 0 Å². The van der Waals surface area contributed by atoms with E-state index in [1.54, 1.807) is 0 Å². The molecule has 6 nitrogen and oxygen atoms in total. The molecule has 1 saturated carbocycles. The van der Waals surface area contributed by atoms with Crippen molar-refractivity contribution in [2.75, 3.05) is 19.7 Å². The molecule has 0 saturated heterocycles. The highest BCUT2D eigenvalue weighted by Crippen LogP contribution is 2.34. The average molecular weight is 319 g/mol. The molecule has 1 fully saturated rings. The number of aliphatic hydroxyl groups is 1. The molecule has 0 amide bonds. The van der Waals surface area contributed by atoms with Gasteiger partial charge in [-0.05, 0) is 12.8 Å². The molecule has 0 aromatic rings. The monoisotopic (exact) mass is 319 g/mol. The van der Waals surface area contributed by atoms with Crippen molar-refractivity contribution in [3.63, 3.8) is 0 Å². The van der Waals surface area contributed by atoms with E-state index in [-0.39, 0.29) is 17.1 Å². The van der Waals surface area contributed by atoms with E-state index in [4.69, 9.17) is 10.2 Å². The lowest BCUT2D eigenvalue weighted by Crippen LogP contribution is -2.47. The molecule has 0 spiro atoms. The number of carboxylic acid groups (broad SMARTS) is 1. The number of nitrogens with zero attached hydrogens (tertiary/aromatic N) is 1. The number of hydrogen-bond acceptors (Lipinski definition) is 4. The van der Waals surface area contributed by atoms with Crippen LogP contribution in [0.15, 0.2) is 0 Å². The molecular formula is C10H16F3NO5S. The highest BCUT2D eigenvalue weighted by atomic mass is 32.2. The zero-order valence-corrected chi connectivity index (χ0v) is 11.3. The Kier molecular flexibility index (Phi) is 5.39. The van der Waals surface area contributed by atoms with Crippen LogP contribution in [0.4, 0.5) is 13.2 Å². The molecule has 0 aromatic carbocycles. The minimum Gasteiger partial charge on any atom is -0.481 e. The number of carboxylic acids is 1. The predicted molar refractivity (Wildman–Crippen MR) is 62.4 cm³/mol. The summed E-state index contributed by atoms with van der Waals surface area (Å²) in [5.74, 6) is -2.53. The molecule has 2 atom stereocenters. The van der Waals surface area contributed by atoms with Crippen molar-refractivity contribution in [3.8, 4) is 0 Å². The summed E-state index contributed by atoms with van der Waals surface area (Å²) in [6.07, 6.45) is -4.28. The highest BCUT2D eigenvalue weighted by Gasteiger charge is 2.46. The Morgan fingerprint density at radius 2 is 1.90 bits per heavy atom.